The van der Waals surface area contributed by atoms with Crippen molar-refractivity contribution >= 4 is 5.69 Å². The van der Waals surface area contributed by atoms with Crippen molar-refractivity contribution in [2.75, 3.05) is 11.9 Å². The minimum atomic E-state index is -0.417. The third-order valence-corrected chi connectivity index (χ3v) is 3.44. The van der Waals surface area contributed by atoms with E-state index >= 15 is 0 Å². The molecule has 1 atom stereocenters. The number of anilines is 1. The summed E-state index contributed by atoms with van der Waals surface area (Å²) in [4.78, 5) is 6.66. The van der Waals surface area contributed by atoms with Crippen molar-refractivity contribution in [3.8, 4) is 0 Å². The molecular formula is C17H22N2O. The van der Waals surface area contributed by atoms with Crippen LogP contribution >= 0.6 is 0 Å². The standard InChI is InChI=1S/C17H22N2O/c1-4-17(20)15-10-5-6-11-16(15)19(3)12-14-9-7-8-13(2)18-14/h5-11,17,20H,4,12H2,1-3H3. The van der Waals surface area contributed by atoms with Gasteiger partial charge in [0.05, 0.1) is 18.3 Å². The van der Waals surface area contributed by atoms with Crippen molar-refractivity contribution in [3.63, 3.8) is 0 Å². The van der Waals surface area contributed by atoms with E-state index in [0.29, 0.717) is 6.42 Å². The van der Waals surface area contributed by atoms with Gasteiger partial charge in [-0.3, -0.25) is 4.98 Å². The molecule has 1 N–H and O–H groups in total. The predicted octanol–water partition coefficient (Wildman–Crippen LogP) is 3.47. The molecule has 0 fully saturated rings. The van der Waals surface area contributed by atoms with E-state index in [-0.39, 0.29) is 0 Å². The van der Waals surface area contributed by atoms with Crippen LogP contribution in [0.2, 0.25) is 0 Å². The number of hydrogen-bond acceptors (Lipinski definition) is 3. The third kappa shape index (κ3) is 3.36. The molecule has 0 saturated heterocycles. The Morgan fingerprint density at radius 3 is 2.60 bits per heavy atom. The van der Waals surface area contributed by atoms with Gasteiger partial charge < -0.3 is 10.0 Å². The molecule has 0 radical (unpaired) electrons. The Morgan fingerprint density at radius 2 is 1.90 bits per heavy atom. The Kier molecular flexibility index (Phi) is 4.74. The van der Waals surface area contributed by atoms with E-state index in [0.717, 1.165) is 29.2 Å². The van der Waals surface area contributed by atoms with Gasteiger partial charge in [0.15, 0.2) is 0 Å². The van der Waals surface area contributed by atoms with Crippen molar-refractivity contribution in [3.05, 3.63) is 59.4 Å². The van der Waals surface area contributed by atoms with Gasteiger partial charge >= 0.3 is 0 Å². The lowest BCUT2D eigenvalue weighted by Crippen LogP contribution is -2.19. The van der Waals surface area contributed by atoms with E-state index in [9.17, 15) is 5.11 Å². The topological polar surface area (TPSA) is 36.4 Å². The maximum absolute atomic E-state index is 10.1. The smallest absolute Gasteiger partial charge is 0.0807 e. The van der Waals surface area contributed by atoms with E-state index in [1.165, 1.54) is 0 Å². The molecule has 1 heterocycles. The zero-order valence-electron chi connectivity index (χ0n) is 12.4. The summed E-state index contributed by atoms with van der Waals surface area (Å²) in [6.07, 6.45) is 0.298. The van der Waals surface area contributed by atoms with Gasteiger partial charge in [0.1, 0.15) is 0 Å². The summed E-state index contributed by atoms with van der Waals surface area (Å²) < 4.78 is 0. The largest absolute Gasteiger partial charge is 0.388 e. The van der Waals surface area contributed by atoms with E-state index in [4.69, 9.17) is 0 Å². The summed E-state index contributed by atoms with van der Waals surface area (Å²) in [6.45, 7) is 4.72. The zero-order valence-corrected chi connectivity index (χ0v) is 12.4. The average molecular weight is 270 g/mol. The molecule has 0 amide bonds. The molecular weight excluding hydrogens is 248 g/mol. The highest BCUT2D eigenvalue weighted by molar-refractivity contribution is 5.54. The van der Waals surface area contributed by atoms with Gasteiger partial charge in [-0.25, -0.2) is 0 Å². The second kappa shape index (κ2) is 6.53. The summed E-state index contributed by atoms with van der Waals surface area (Å²) in [6, 6.07) is 14.1. The lowest BCUT2D eigenvalue weighted by molar-refractivity contribution is 0.174. The number of aliphatic hydroxyl groups excluding tert-OH is 1. The van der Waals surface area contributed by atoms with Crippen molar-refractivity contribution in [2.45, 2.75) is 32.9 Å². The Labute approximate surface area is 120 Å². The number of nitrogens with zero attached hydrogens (tertiary/aromatic N) is 2. The van der Waals surface area contributed by atoms with Crippen LogP contribution in [0.25, 0.3) is 0 Å². The maximum Gasteiger partial charge on any atom is 0.0807 e. The first-order valence-electron chi connectivity index (χ1n) is 7.02. The molecule has 1 unspecified atom stereocenters. The van der Waals surface area contributed by atoms with Crippen molar-refractivity contribution in [1.29, 1.82) is 0 Å². The van der Waals surface area contributed by atoms with Gasteiger partial charge in [0.25, 0.3) is 0 Å². The molecule has 3 nitrogen and oxygen atoms in total. The molecule has 0 aliphatic heterocycles. The Hall–Kier alpha value is -1.87. The number of aromatic nitrogens is 1. The lowest BCUT2D eigenvalue weighted by Gasteiger charge is -2.24. The van der Waals surface area contributed by atoms with E-state index in [2.05, 4.69) is 9.88 Å². The van der Waals surface area contributed by atoms with Gasteiger partial charge in [0, 0.05) is 24.0 Å². The molecule has 2 rings (SSSR count). The highest BCUT2D eigenvalue weighted by Gasteiger charge is 2.13. The first-order chi connectivity index (χ1) is 9.61. The van der Waals surface area contributed by atoms with Crippen LogP contribution in [0, 0.1) is 6.92 Å². The highest BCUT2D eigenvalue weighted by atomic mass is 16.3. The zero-order chi connectivity index (χ0) is 14.5. The molecule has 0 spiro atoms. The SMILES string of the molecule is CCC(O)c1ccccc1N(C)Cc1cccc(C)n1. The van der Waals surface area contributed by atoms with Crippen molar-refractivity contribution < 1.29 is 5.11 Å². The van der Waals surface area contributed by atoms with Crippen LogP contribution in [0.1, 0.15) is 36.4 Å². The minimum absolute atomic E-state index is 0.417. The first kappa shape index (κ1) is 14.5. The van der Waals surface area contributed by atoms with Crippen LogP contribution in [0.15, 0.2) is 42.5 Å². The summed E-state index contributed by atoms with van der Waals surface area (Å²) in [5.74, 6) is 0. The summed E-state index contributed by atoms with van der Waals surface area (Å²) >= 11 is 0. The number of pyridine rings is 1. The van der Waals surface area contributed by atoms with Crippen LogP contribution in [0.3, 0.4) is 0 Å². The highest BCUT2D eigenvalue weighted by Crippen LogP contribution is 2.28. The molecule has 106 valence electrons. The van der Waals surface area contributed by atoms with Crippen LogP contribution < -0.4 is 4.90 Å². The van der Waals surface area contributed by atoms with Gasteiger partial charge in [-0.15, -0.1) is 0 Å². The monoisotopic (exact) mass is 270 g/mol. The van der Waals surface area contributed by atoms with Crippen LogP contribution in [-0.4, -0.2) is 17.1 Å². The fourth-order valence-electron chi connectivity index (χ4n) is 2.35. The molecule has 1 aromatic carbocycles. The normalized spacial score (nSPS) is 12.2. The lowest BCUT2D eigenvalue weighted by atomic mass is 10.0. The fraction of sp³-hybridized carbons (Fsp3) is 0.353. The third-order valence-electron chi connectivity index (χ3n) is 3.44. The summed E-state index contributed by atoms with van der Waals surface area (Å²) in [5, 5.41) is 10.1. The van der Waals surface area contributed by atoms with Gasteiger partial charge in [-0.2, -0.15) is 0 Å². The first-order valence-corrected chi connectivity index (χ1v) is 7.02. The molecule has 2 aromatic rings. The van der Waals surface area contributed by atoms with Gasteiger partial charge in [-0.05, 0) is 31.5 Å². The molecule has 0 aliphatic rings. The molecule has 0 saturated carbocycles. The number of hydrogen-bond donors (Lipinski definition) is 1. The quantitative estimate of drug-likeness (QED) is 0.903. The molecule has 3 heteroatoms. The minimum Gasteiger partial charge on any atom is -0.388 e. The number of benzene rings is 1. The van der Waals surface area contributed by atoms with Gasteiger partial charge in [-0.1, -0.05) is 31.2 Å². The van der Waals surface area contributed by atoms with E-state index in [1.54, 1.807) is 0 Å². The molecule has 0 aliphatic carbocycles. The molecule has 20 heavy (non-hydrogen) atoms. The predicted molar refractivity (Wildman–Crippen MR) is 82.8 cm³/mol. The Balaban J connectivity index is 2.23. The Morgan fingerprint density at radius 1 is 1.15 bits per heavy atom. The van der Waals surface area contributed by atoms with Crippen molar-refractivity contribution in [1.82, 2.24) is 4.98 Å². The number of rotatable bonds is 5. The van der Waals surface area contributed by atoms with Crippen molar-refractivity contribution in [2.24, 2.45) is 0 Å². The number of para-hydroxylation sites is 1. The fourth-order valence-corrected chi connectivity index (χ4v) is 2.35. The van der Waals surface area contributed by atoms with E-state index in [1.807, 2.05) is 63.4 Å². The molecule has 0 bridgehead atoms. The molecule has 1 aromatic heterocycles. The second-order valence-electron chi connectivity index (χ2n) is 5.11. The maximum atomic E-state index is 10.1. The second-order valence-corrected chi connectivity index (χ2v) is 5.11. The number of aliphatic hydroxyl groups is 1. The van der Waals surface area contributed by atoms with Crippen LogP contribution in [-0.2, 0) is 6.54 Å². The van der Waals surface area contributed by atoms with Gasteiger partial charge in [0.2, 0.25) is 0 Å². The summed E-state index contributed by atoms with van der Waals surface area (Å²) in [7, 11) is 2.03. The number of aryl methyl sites for hydroxylation is 1. The van der Waals surface area contributed by atoms with Crippen LogP contribution in [0.5, 0.6) is 0 Å². The average Bonchev–Trinajstić information content (AvgIpc) is 2.46. The van der Waals surface area contributed by atoms with E-state index < -0.39 is 6.10 Å². The summed E-state index contributed by atoms with van der Waals surface area (Å²) in [5.41, 5.74) is 4.10. The van der Waals surface area contributed by atoms with Crippen LogP contribution in [0.4, 0.5) is 5.69 Å². The Bertz CT molecular complexity index is 568.